The molecule has 0 spiro atoms. The van der Waals surface area contributed by atoms with Crippen molar-refractivity contribution >= 4 is 17.8 Å². The fourth-order valence-electron chi connectivity index (χ4n) is 3.45. The van der Waals surface area contributed by atoms with Gasteiger partial charge in [-0.15, -0.1) is 0 Å². The maximum atomic E-state index is 12.8. The van der Waals surface area contributed by atoms with Crippen molar-refractivity contribution in [1.29, 1.82) is 0 Å². The number of methoxy groups -OCH3 is 2. The van der Waals surface area contributed by atoms with Crippen LogP contribution < -0.4 is 18.9 Å². The van der Waals surface area contributed by atoms with Crippen molar-refractivity contribution in [3.05, 3.63) is 101 Å². The zero-order valence-electron chi connectivity index (χ0n) is 18.5. The van der Waals surface area contributed by atoms with Crippen molar-refractivity contribution < 1.29 is 28.5 Å². The summed E-state index contributed by atoms with van der Waals surface area (Å²) in [6.45, 7) is 1.77. The third-order valence-electron chi connectivity index (χ3n) is 5.08. The Morgan fingerprint density at radius 3 is 2.27 bits per heavy atom. The number of allylic oxidation sites excluding steroid dienone is 3. The molecule has 0 fully saturated rings. The highest BCUT2D eigenvalue weighted by Crippen LogP contribution is 2.37. The number of ketones is 1. The van der Waals surface area contributed by atoms with Crippen LogP contribution in [0.4, 0.5) is 0 Å². The molecular formula is C27H22O6. The first kappa shape index (κ1) is 21.9. The van der Waals surface area contributed by atoms with E-state index in [0.29, 0.717) is 28.4 Å². The average Bonchev–Trinajstić information content (AvgIpc) is 3.14. The van der Waals surface area contributed by atoms with Crippen LogP contribution in [0, 0.1) is 6.92 Å². The molecule has 1 aliphatic heterocycles. The predicted molar refractivity (Wildman–Crippen MR) is 124 cm³/mol. The number of esters is 1. The van der Waals surface area contributed by atoms with Crippen LogP contribution in [0.15, 0.2) is 78.6 Å². The molecule has 6 nitrogen and oxygen atoms in total. The van der Waals surface area contributed by atoms with Gasteiger partial charge < -0.3 is 18.9 Å². The van der Waals surface area contributed by atoms with Crippen LogP contribution >= 0.6 is 0 Å². The maximum absolute atomic E-state index is 12.8. The van der Waals surface area contributed by atoms with Gasteiger partial charge in [-0.1, -0.05) is 42.5 Å². The smallest absolute Gasteiger partial charge is 0.343 e. The van der Waals surface area contributed by atoms with Crippen molar-refractivity contribution in [3.63, 3.8) is 0 Å². The molecule has 3 aromatic rings. The Morgan fingerprint density at radius 2 is 1.61 bits per heavy atom. The molecule has 1 aliphatic rings. The molecule has 0 bridgehead atoms. The molecule has 6 heteroatoms. The number of hydrogen-bond donors (Lipinski definition) is 0. The van der Waals surface area contributed by atoms with E-state index in [2.05, 4.69) is 0 Å². The second-order valence-electron chi connectivity index (χ2n) is 7.34. The molecule has 33 heavy (non-hydrogen) atoms. The number of carbonyl (C=O) groups excluding carboxylic acids is 2. The highest BCUT2D eigenvalue weighted by molar-refractivity contribution is 6.13. The van der Waals surface area contributed by atoms with Gasteiger partial charge in [0, 0.05) is 12.1 Å². The number of fused-ring (bicyclic) bond motifs is 1. The molecule has 0 N–H and O–H groups in total. The van der Waals surface area contributed by atoms with Crippen LogP contribution in [-0.2, 0) is 0 Å². The number of Topliss-reactive ketones (excluding diaryl/α,β-unsaturated/α-hetero) is 1. The van der Waals surface area contributed by atoms with Gasteiger partial charge in [-0.25, -0.2) is 4.79 Å². The SMILES string of the molecule is COc1cc(OC)cc(C(=O)Oc2cc(C)c3c(c2)O/C(=C\C=C\c2ccccc2)C3=O)c1. The van der Waals surface area contributed by atoms with E-state index in [1.54, 1.807) is 43.3 Å². The number of benzene rings is 3. The lowest BCUT2D eigenvalue weighted by Crippen LogP contribution is -2.09. The minimum Gasteiger partial charge on any atom is -0.497 e. The van der Waals surface area contributed by atoms with Gasteiger partial charge in [-0.3, -0.25) is 4.79 Å². The van der Waals surface area contributed by atoms with Gasteiger partial charge in [0.2, 0.25) is 5.78 Å². The summed E-state index contributed by atoms with van der Waals surface area (Å²) in [5.41, 5.74) is 2.39. The van der Waals surface area contributed by atoms with Crippen LogP contribution in [0.5, 0.6) is 23.0 Å². The molecule has 0 atom stereocenters. The van der Waals surface area contributed by atoms with Gasteiger partial charge in [0.25, 0.3) is 0 Å². The Bertz CT molecular complexity index is 1250. The monoisotopic (exact) mass is 442 g/mol. The molecule has 0 amide bonds. The van der Waals surface area contributed by atoms with Crippen LogP contribution in [0.1, 0.15) is 31.8 Å². The number of hydrogen-bond acceptors (Lipinski definition) is 6. The molecular weight excluding hydrogens is 420 g/mol. The third-order valence-corrected chi connectivity index (χ3v) is 5.08. The molecule has 4 rings (SSSR count). The zero-order chi connectivity index (χ0) is 23.4. The van der Waals surface area contributed by atoms with Gasteiger partial charge >= 0.3 is 5.97 Å². The summed E-state index contributed by atoms with van der Waals surface area (Å²) in [7, 11) is 3.00. The number of rotatable bonds is 6. The summed E-state index contributed by atoms with van der Waals surface area (Å²) in [6.07, 6.45) is 5.28. The summed E-state index contributed by atoms with van der Waals surface area (Å²) in [6, 6.07) is 17.7. The lowest BCUT2D eigenvalue weighted by molar-refractivity contribution is 0.0733. The van der Waals surface area contributed by atoms with Crippen molar-refractivity contribution in [3.8, 4) is 23.0 Å². The minimum absolute atomic E-state index is 0.210. The molecule has 3 aromatic carbocycles. The second kappa shape index (κ2) is 9.44. The number of carbonyl (C=O) groups is 2. The molecule has 0 saturated heterocycles. The predicted octanol–water partition coefficient (Wildman–Crippen LogP) is 5.40. The fraction of sp³-hybridized carbons (Fsp3) is 0.111. The first-order valence-electron chi connectivity index (χ1n) is 10.2. The van der Waals surface area contributed by atoms with E-state index >= 15 is 0 Å². The lowest BCUT2D eigenvalue weighted by Gasteiger charge is -2.10. The lowest BCUT2D eigenvalue weighted by atomic mass is 10.0. The summed E-state index contributed by atoms with van der Waals surface area (Å²) in [4.78, 5) is 25.5. The van der Waals surface area contributed by atoms with E-state index < -0.39 is 5.97 Å². The molecule has 0 radical (unpaired) electrons. The van der Waals surface area contributed by atoms with Gasteiger partial charge in [0.15, 0.2) is 5.76 Å². The van der Waals surface area contributed by atoms with E-state index in [-0.39, 0.29) is 22.9 Å². The second-order valence-corrected chi connectivity index (χ2v) is 7.34. The Kier molecular flexibility index (Phi) is 6.26. The van der Waals surface area contributed by atoms with Crippen LogP contribution in [0.25, 0.3) is 6.08 Å². The highest BCUT2D eigenvalue weighted by Gasteiger charge is 2.30. The largest absolute Gasteiger partial charge is 0.497 e. The van der Waals surface area contributed by atoms with Gasteiger partial charge in [-0.2, -0.15) is 0 Å². The van der Waals surface area contributed by atoms with Crippen LogP contribution in [-0.4, -0.2) is 26.0 Å². The number of aryl methyl sites for hydroxylation is 1. The van der Waals surface area contributed by atoms with E-state index in [9.17, 15) is 9.59 Å². The van der Waals surface area contributed by atoms with E-state index in [0.717, 1.165) is 5.56 Å². The van der Waals surface area contributed by atoms with Crippen LogP contribution in [0.3, 0.4) is 0 Å². The van der Waals surface area contributed by atoms with Gasteiger partial charge in [0.05, 0.1) is 25.3 Å². The quantitative estimate of drug-likeness (QED) is 0.289. The molecule has 1 heterocycles. The molecule has 166 valence electrons. The van der Waals surface area contributed by atoms with Gasteiger partial charge in [0.1, 0.15) is 23.0 Å². The third kappa shape index (κ3) is 4.80. The molecule has 0 aliphatic carbocycles. The van der Waals surface area contributed by atoms with Crippen molar-refractivity contribution in [2.45, 2.75) is 6.92 Å². The Balaban J connectivity index is 1.54. The standard InChI is InChI=1S/C27H22O6/c1-17-12-22(32-27(29)19-13-20(30-2)15-21(14-19)31-3)16-24-25(17)26(28)23(33-24)11-7-10-18-8-5-4-6-9-18/h4-16H,1-3H3/b10-7+,23-11-. The fourth-order valence-corrected chi connectivity index (χ4v) is 3.45. The number of ether oxygens (including phenoxy) is 4. The highest BCUT2D eigenvalue weighted by atomic mass is 16.5. The Labute approximate surface area is 191 Å². The summed E-state index contributed by atoms with van der Waals surface area (Å²) in [5.74, 6) is 0.976. The minimum atomic E-state index is -0.586. The van der Waals surface area contributed by atoms with E-state index in [1.165, 1.54) is 20.3 Å². The first-order chi connectivity index (χ1) is 16.0. The van der Waals surface area contributed by atoms with Crippen molar-refractivity contribution in [2.75, 3.05) is 14.2 Å². The van der Waals surface area contributed by atoms with Gasteiger partial charge in [-0.05, 0) is 42.3 Å². The molecule has 0 aromatic heterocycles. The average molecular weight is 442 g/mol. The van der Waals surface area contributed by atoms with E-state index in [4.69, 9.17) is 18.9 Å². The van der Waals surface area contributed by atoms with Crippen LogP contribution in [0.2, 0.25) is 0 Å². The Morgan fingerprint density at radius 1 is 0.909 bits per heavy atom. The summed E-state index contributed by atoms with van der Waals surface area (Å²) in [5, 5.41) is 0. The summed E-state index contributed by atoms with van der Waals surface area (Å²) >= 11 is 0. The summed E-state index contributed by atoms with van der Waals surface area (Å²) < 4.78 is 21.7. The first-order valence-corrected chi connectivity index (χ1v) is 10.2. The van der Waals surface area contributed by atoms with Crippen molar-refractivity contribution in [2.24, 2.45) is 0 Å². The van der Waals surface area contributed by atoms with E-state index in [1.807, 2.05) is 36.4 Å². The van der Waals surface area contributed by atoms with Crippen molar-refractivity contribution in [1.82, 2.24) is 0 Å². The zero-order valence-corrected chi connectivity index (χ0v) is 18.5. The molecule has 0 unspecified atom stereocenters. The Hall–Kier alpha value is -4.32. The normalized spacial score (nSPS) is 13.7. The topological polar surface area (TPSA) is 71.1 Å². The molecule has 0 saturated carbocycles. The maximum Gasteiger partial charge on any atom is 0.343 e.